The molecule has 0 spiro atoms. The van der Waals surface area contributed by atoms with E-state index in [0.29, 0.717) is 12.8 Å². The molecule has 2 N–H and O–H groups in total. The molecule has 5 heteroatoms. The van der Waals surface area contributed by atoms with Crippen molar-refractivity contribution in [3.63, 3.8) is 0 Å². The minimum Gasteiger partial charge on any atom is -0.478 e. The summed E-state index contributed by atoms with van der Waals surface area (Å²) < 4.78 is 13.6. The zero-order chi connectivity index (χ0) is 15.1. The van der Waals surface area contributed by atoms with Gasteiger partial charge >= 0.3 is 5.97 Å². The van der Waals surface area contributed by atoms with Gasteiger partial charge in [-0.25, -0.2) is 9.18 Å². The van der Waals surface area contributed by atoms with Crippen LogP contribution in [0.25, 0.3) is 0 Å². The summed E-state index contributed by atoms with van der Waals surface area (Å²) >= 11 is 0. The van der Waals surface area contributed by atoms with Crippen LogP contribution in [0, 0.1) is 11.7 Å². The van der Waals surface area contributed by atoms with E-state index < -0.39 is 23.6 Å². The van der Waals surface area contributed by atoms with Gasteiger partial charge in [-0.2, -0.15) is 0 Å². The maximum Gasteiger partial charge on any atom is 0.335 e. The molecule has 20 heavy (non-hydrogen) atoms. The van der Waals surface area contributed by atoms with Gasteiger partial charge in [0, 0.05) is 5.92 Å². The first-order chi connectivity index (χ1) is 9.49. The van der Waals surface area contributed by atoms with Gasteiger partial charge < -0.3 is 10.4 Å². The lowest BCUT2D eigenvalue weighted by atomic mass is 10.0. The Morgan fingerprint density at radius 3 is 2.40 bits per heavy atom. The average Bonchev–Trinajstić information content (AvgIpc) is 2.40. The van der Waals surface area contributed by atoms with Crippen LogP contribution in [0.2, 0.25) is 0 Å². The highest BCUT2D eigenvalue weighted by Crippen LogP contribution is 2.19. The topological polar surface area (TPSA) is 66.4 Å². The van der Waals surface area contributed by atoms with Gasteiger partial charge in [-0.1, -0.05) is 12.2 Å². The molecular formula is C15H16FNO3. The SMILES string of the molecule is C=CCC(CC=C)C(=O)Nc1cc(C(=O)O)ccc1F. The molecule has 0 atom stereocenters. The summed E-state index contributed by atoms with van der Waals surface area (Å²) in [4.78, 5) is 22.8. The number of amides is 1. The maximum absolute atomic E-state index is 13.6. The third kappa shape index (κ3) is 4.05. The van der Waals surface area contributed by atoms with Crippen LogP contribution in [0.3, 0.4) is 0 Å². The Balaban J connectivity index is 2.93. The van der Waals surface area contributed by atoms with Crippen LogP contribution in [0.4, 0.5) is 10.1 Å². The van der Waals surface area contributed by atoms with E-state index in [1.54, 1.807) is 12.2 Å². The number of hydrogen-bond donors (Lipinski definition) is 2. The predicted molar refractivity (Wildman–Crippen MR) is 75.1 cm³/mol. The second-order valence-electron chi connectivity index (χ2n) is 4.23. The Bertz CT molecular complexity index is 530. The Hall–Kier alpha value is -2.43. The second-order valence-corrected chi connectivity index (χ2v) is 4.23. The number of carboxylic acid groups (broad SMARTS) is 1. The van der Waals surface area contributed by atoms with E-state index in [-0.39, 0.29) is 11.3 Å². The van der Waals surface area contributed by atoms with E-state index >= 15 is 0 Å². The largest absolute Gasteiger partial charge is 0.478 e. The summed E-state index contributed by atoms with van der Waals surface area (Å²) in [7, 11) is 0. The van der Waals surface area contributed by atoms with Crippen molar-refractivity contribution in [2.75, 3.05) is 5.32 Å². The van der Waals surface area contributed by atoms with E-state index in [0.717, 1.165) is 18.2 Å². The molecule has 0 bridgehead atoms. The summed E-state index contributed by atoms with van der Waals surface area (Å²) in [6.07, 6.45) is 4.05. The normalized spacial score (nSPS) is 10.1. The molecule has 4 nitrogen and oxygen atoms in total. The molecule has 1 amide bonds. The summed E-state index contributed by atoms with van der Waals surface area (Å²) in [5, 5.41) is 11.3. The van der Waals surface area contributed by atoms with Crippen LogP contribution in [0.15, 0.2) is 43.5 Å². The summed E-state index contributed by atoms with van der Waals surface area (Å²) in [5.74, 6) is -2.67. The molecule has 0 aromatic heterocycles. The van der Waals surface area contributed by atoms with Crippen molar-refractivity contribution in [2.24, 2.45) is 5.92 Å². The Morgan fingerprint density at radius 1 is 1.30 bits per heavy atom. The highest BCUT2D eigenvalue weighted by Gasteiger charge is 2.18. The second kappa shape index (κ2) is 7.23. The number of rotatable bonds is 7. The number of allylic oxidation sites excluding steroid dienone is 2. The number of anilines is 1. The number of aromatic carboxylic acids is 1. The maximum atomic E-state index is 13.6. The van der Waals surface area contributed by atoms with E-state index in [4.69, 9.17) is 5.11 Å². The number of carbonyl (C=O) groups is 2. The highest BCUT2D eigenvalue weighted by molar-refractivity contribution is 5.95. The molecule has 0 aliphatic carbocycles. The summed E-state index contributed by atoms with van der Waals surface area (Å²) in [6, 6.07) is 3.24. The molecule has 0 aliphatic rings. The molecule has 0 fully saturated rings. The van der Waals surface area contributed by atoms with Crippen molar-refractivity contribution in [1.29, 1.82) is 0 Å². The highest BCUT2D eigenvalue weighted by atomic mass is 19.1. The van der Waals surface area contributed by atoms with Gasteiger partial charge in [-0.3, -0.25) is 4.79 Å². The third-order valence-corrected chi connectivity index (χ3v) is 2.74. The number of carbonyl (C=O) groups excluding carboxylic acids is 1. The lowest BCUT2D eigenvalue weighted by molar-refractivity contribution is -0.119. The third-order valence-electron chi connectivity index (χ3n) is 2.74. The average molecular weight is 277 g/mol. The zero-order valence-corrected chi connectivity index (χ0v) is 10.9. The molecule has 1 aromatic carbocycles. The molecule has 0 aliphatic heterocycles. The van der Waals surface area contributed by atoms with Crippen LogP contribution >= 0.6 is 0 Å². The predicted octanol–water partition coefficient (Wildman–Crippen LogP) is 3.23. The van der Waals surface area contributed by atoms with E-state index in [9.17, 15) is 14.0 Å². The fraction of sp³-hybridized carbons (Fsp3) is 0.200. The molecule has 1 rings (SSSR count). The van der Waals surface area contributed by atoms with Gasteiger partial charge in [-0.15, -0.1) is 13.2 Å². The lowest BCUT2D eigenvalue weighted by Crippen LogP contribution is -2.22. The zero-order valence-electron chi connectivity index (χ0n) is 10.9. The standard InChI is InChI=1S/C15H16FNO3/c1-3-5-10(6-4-2)14(18)17-13-9-11(15(19)20)7-8-12(13)16/h3-4,7-10H,1-2,5-6H2,(H,17,18)(H,19,20). The van der Waals surface area contributed by atoms with Gasteiger partial charge in [0.25, 0.3) is 0 Å². The molecule has 1 aromatic rings. The fourth-order valence-corrected chi connectivity index (χ4v) is 1.70. The Labute approximate surface area is 116 Å². The molecule has 0 saturated heterocycles. The smallest absolute Gasteiger partial charge is 0.335 e. The van der Waals surface area contributed by atoms with E-state index in [2.05, 4.69) is 18.5 Å². The van der Waals surface area contributed by atoms with Crippen LogP contribution in [0.1, 0.15) is 23.2 Å². The molecule has 0 radical (unpaired) electrons. The first-order valence-corrected chi connectivity index (χ1v) is 6.05. The van der Waals surface area contributed by atoms with Crippen LogP contribution in [-0.2, 0) is 4.79 Å². The molecular weight excluding hydrogens is 261 g/mol. The quantitative estimate of drug-likeness (QED) is 0.752. The van der Waals surface area contributed by atoms with E-state index in [1.165, 1.54) is 0 Å². The number of carboxylic acids is 1. The lowest BCUT2D eigenvalue weighted by Gasteiger charge is -2.14. The monoisotopic (exact) mass is 277 g/mol. The first-order valence-electron chi connectivity index (χ1n) is 6.05. The number of halogens is 1. The van der Waals surface area contributed by atoms with Crippen molar-refractivity contribution >= 4 is 17.6 Å². The minimum absolute atomic E-state index is 0.0920. The van der Waals surface area contributed by atoms with Gasteiger partial charge in [0.05, 0.1) is 11.3 Å². The van der Waals surface area contributed by atoms with Crippen LogP contribution in [-0.4, -0.2) is 17.0 Å². The van der Waals surface area contributed by atoms with Gasteiger partial charge in [0.2, 0.25) is 5.91 Å². The van der Waals surface area contributed by atoms with Crippen LogP contribution < -0.4 is 5.32 Å². The van der Waals surface area contributed by atoms with Crippen molar-refractivity contribution in [3.8, 4) is 0 Å². The summed E-state index contributed by atoms with van der Waals surface area (Å²) in [5.41, 5.74) is -0.237. The van der Waals surface area contributed by atoms with Crippen molar-refractivity contribution in [3.05, 3.63) is 54.9 Å². The molecule has 106 valence electrons. The fourth-order valence-electron chi connectivity index (χ4n) is 1.70. The Morgan fingerprint density at radius 2 is 1.90 bits per heavy atom. The molecule has 0 unspecified atom stereocenters. The van der Waals surface area contributed by atoms with Crippen molar-refractivity contribution in [2.45, 2.75) is 12.8 Å². The number of hydrogen-bond acceptors (Lipinski definition) is 2. The van der Waals surface area contributed by atoms with Crippen molar-refractivity contribution < 1.29 is 19.1 Å². The molecule has 0 saturated carbocycles. The number of nitrogens with one attached hydrogen (secondary N) is 1. The van der Waals surface area contributed by atoms with Gasteiger partial charge in [-0.05, 0) is 31.0 Å². The first kappa shape index (κ1) is 15.6. The van der Waals surface area contributed by atoms with Crippen LogP contribution in [0.5, 0.6) is 0 Å². The van der Waals surface area contributed by atoms with Gasteiger partial charge in [0.1, 0.15) is 5.82 Å². The van der Waals surface area contributed by atoms with Crippen molar-refractivity contribution in [1.82, 2.24) is 0 Å². The van der Waals surface area contributed by atoms with E-state index in [1.807, 2.05) is 0 Å². The minimum atomic E-state index is -1.19. The molecule has 0 heterocycles. The Kier molecular flexibility index (Phi) is 5.65. The summed E-state index contributed by atoms with van der Waals surface area (Å²) in [6.45, 7) is 7.12. The van der Waals surface area contributed by atoms with Gasteiger partial charge in [0.15, 0.2) is 0 Å². The number of benzene rings is 1.